The molecule has 0 aliphatic rings. The van der Waals surface area contributed by atoms with Gasteiger partial charge in [-0.1, -0.05) is 11.8 Å². The van der Waals surface area contributed by atoms with Gasteiger partial charge in [0.15, 0.2) is 14.6 Å². The van der Waals surface area contributed by atoms with Crippen LogP contribution in [0.2, 0.25) is 0 Å². The minimum Gasteiger partial charge on any atom is -0.483 e. The van der Waals surface area contributed by atoms with Gasteiger partial charge in [-0.15, -0.1) is 0 Å². The molecule has 2 rings (SSSR count). The molecule has 0 saturated carbocycles. The molecule has 1 atom stereocenters. The molecule has 0 spiro atoms. The molecule has 1 amide bonds. The van der Waals surface area contributed by atoms with Gasteiger partial charge in [0, 0.05) is 18.4 Å². The van der Waals surface area contributed by atoms with E-state index < -0.39 is 31.6 Å². The van der Waals surface area contributed by atoms with Crippen molar-refractivity contribution in [3.8, 4) is 23.7 Å². The van der Waals surface area contributed by atoms with E-state index in [0.717, 1.165) is 6.26 Å². The maximum Gasteiger partial charge on any atom is 0.290 e. The molecule has 2 aromatic rings. The van der Waals surface area contributed by atoms with Crippen LogP contribution in [-0.4, -0.2) is 57.2 Å². The van der Waals surface area contributed by atoms with Crippen molar-refractivity contribution in [2.45, 2.75) is 44.0 Å². The zero-order chi connectivity index (χ0) is 26.2. The van der Waals surface area contributed by atoms with Crippen molar-refractivity contribution in [1.29, 1.82) is 0 Å². The minimum absolute atomic E-state index is 0.0925. The number of sulfone groups is 1. The molecular weight excluding hydrogens is 464 g/mol. The van der Waals surface area contributed by atoms with Gasteiger partial charge in [0.2, 0.25) is 0 Å². The Labute approximate surface area is 196 Å². The Kier molecular flexibility index (Phi) is 9.52. The van der Waals surface area contributed by atoms with Gasteiger partial charge in [0.05, 0.1) is 22.8 Å². The zero-order valence-electron chi connectivity index (χ0n) is 19.1. The predicted molar refractivity (Wildman–Crippen MR) is 125 cm³/mol. The van der Waals surface area contributed by atoms with Crippen LogP contribution in [0.4, 0.5) is 0 Å². The lowest BCUT2D eigenvalue weighted by molar-refractivity contribution is -0.131. The van der Waals surface area contributed by atoms with Crippen LogP contribution in [0, 0.1) is 23.7 Å². The zero-order valence-corrected chi connectivity index (χ0v) is 19.9. The summed E-state index contributed by atoms with van der Waals surface area (Å²) < 4.78 is 23.4. The molecule has 0 unspecified atom stereocenters. The van der Waals surface area contributed by atoms with Crippen LogP contribution < -0.4 is 16.8 Å². The SMILES string of the molecule is CC(C)(N)C#CC#Cc1ccc2c(=O)n(CC[C@](C)(C(=O)NO)S(C)(=O)=O)cnc2c1.O=CO. The average molecular weight is 491 g/mol. The molecule has 1 aromatic carbocycles. The number of fused-ring (bicyclic) bond motifs is 1. The standard InChI is InChI=1S/C21H24N4O5S.CH2O2/c1-20(2,22)10-6-5-7-15-8-9-16-17(13-15)23-14-25(18(16)26)12-11-21(3,19(27)24-28)31(4,29)30;2-1-3/h8-9,13-14,28H,11-12,22H2,1-4H3,(H,24,27);1H,(H,2,3)/t21-;/m1./s1. The summed E-state index contributed by atoms with van der Waals surface area (Å²) in [5, 5.41) is 16.1. The van der Waals surface area contributed by atoms with Gasteiger partial charge in [-0.25, -0.2) is 18.9 Å². The maximum absolute atomic E-state index is 12.8. The molecule has 12 heteroatoms. The third-order valence-electron chi connectivity index (χ3n) is 4.71. The molecule has 1 heterocycles. The summed E-state index contributed by atoms with van der Waals surface area (Å²) in [6.45, 7) is 4.38. The molecule has 0 fully saturated rings. The van der Waals surface area contributed by atoms with Gasteiger partial charge in [-0.2, -0.15) is 0 Å². The van der Waals surface area contributed by atoms with Crippen molar-refractivity contribution in [3.63, 3.8) is 0 Å². The molecule has 1 aromatic heterocycles. The first kappa shape index (κ1) is 28.3. The molecular formula is C22H26N4O7S. The number of amides is 1. The fraction of sp³-hybridized carbons (Fsp3) is 0.364. The Morgan fingerprint density at radius 1 is 1.29 bits per heavy atom. The van der Waals surface area contributed by atoms with Gasteiger partial charge in [0.1, 0.15) is 0 Å². The first-order valence-corrected chi connectivity index (χ1v) is 11.6. The number of aryl methyl sites for hydroxylation is 1. The van der Waals surface area contributed by atoms with Crippen LogP contribution in [0.1, 0.15) is 32.8 Å². The summed E-state index contributed by atoms with van der Waals surface area (Å²) in [6.07, 6.45) is 1.94. The molecule has 182 valence electrons. The van der Waals surface area contributed by atoms with Crippen molar-refractivity contribution in [2.24, 2.45) is 5.73 Å². The number of aromatic nitrogens is 2. The Hall–Kier alpha value is -3.71. The number of carbonyl (C=O) groups is 2. The van der Waals surface area contributed by atoms with E-state index in [9.17, 15) is 18.0 Å². The fourth-order valence-electron chi connectivity index (χ4n) is 2.61. The van der Waals surface area contributed by atoms with Gasteiger partial charge in [-0.05, 0) is 57.2 Å². The number of hydroxylamine groups is 1. The van der Waals surface area contributed by atoms with Crippen LogP contribution >= 0.6 is 0 Å². The highest BCUT2D eigenvalue weighted by molar-refractivity contribution is 7.92. The summed E-state index contributed by atoms with van der Waals surface area (Å²) in [6, 6.07) is 4.86. The number of benzene rings is 1. The first-order valence-electron chi connectivity index (χ1n) is 9.73. The lowest BCUT2D eigenvalue weighted by atomic mass is 10.1. The van der Waals surface area contributed by atoms with E-state index in [1.165, 1.54) is 23.3 Å². The third kappa shape index (κ3) is 7.42. The Morgan fingerprint density at radius 2 is 1.91 bits per heavy atom. The number of hydrogen-bond acceptors (Lipinski definition) is 8. The number of nitrogens with two attached hydrogens (primary N) is 1. The molecule has 0 bridgehead atoms. The lowest BCUT2D eigenvalue weighted by Gasteiger charge is -2.25. The van der Waals surface area contributed by atoms with Crippen molar-refractivity contribution in [2.75, 3.05) is 6.26 Å². The maximum atomic E-state index is 12.8. The summed E-state index contributed by atoms with van der Waals surface area (Å²) in [7, 11) is -3.87. The van der Waals surface area contributed by atoms with Gasteiger partial charge < -0.3 is 10.8 Å². The average Bonchev–Trinajstić information content (AvgIpc) is 2.74. The molecule has 34 heavy (non-hydrogen) atoms. The molecule has 11 nitrogen and oxygen atoms in total. The lowest BCUT2D eigenvalue weighted by Crippen LogP contribution is -2.50. The number of nitrogens with one attached hydrogen (secondary N) is 1. The van der Waals surface area contributed by atoms with Crippen molar-refractivity contribution in [3.05, 3.63) is 40.4 Å². The van der Waals surface area contributed by atoms with Gasteiger partial charge in [-0.3, -0.25) is 24.2 Å². The number of carboxylic acid groups (broad SMARTS) is 1. The highest BCUT2D eigenvalue weighted by Gasteiger charge is 2.43. The van der Waals surface area contributed by atoms with Crippen LogP contribution in [0.25, 0.3) is 10.9 Å². The highest BCUT2D eigenvalue weighted by atomic mass is 32.2. The topological polar surface area (TPSA) is 182 Å². The number of rotatable bonds is 5. The predicted octanol–water partition coefficient (Wildman–Crippen LogP) is -0.112. The summed E-state index contributed by atoms with van der Waals surface area (Å²) >= 11 is 0. The number of carbonyl (C=O) groups excluding carboxylic acids is 1. The first-order chi connectivity index (χ1) is 15.7. The molecule has 0 aliphatic carbocycles. The number of nitrogens with zero attached hydrogens (tertiary/aromatic N) is 2. The van der Waals surface area contributed by atoms with Crippen molar-refractivity contribution >= 4 is 33.1 Å². The molecule has 0 saturated heterocycles. The Bertz CT molecular complexity index is 1350. The van der Waals surface area contributed by atoms with E-state index in [-0.39, 0.29) is 19.4 Å². The molecule has 0 aliphatic heterocycles. The van der Waals surface area contributed by atoms with E-state index in [4.69, 9.17) is 20.8 Å². The Balaban J connectivity index is 0.00000182. The van der Waals surface area contributed by atoms with Crippen LogP contribution in [0.3, 0.4) is 0 Å². The monoisotopic (exact) mass is 490 g/mol. The van der Waals surface area contributed by atoms with Gasteiger partial charge >= 0.3 is 0 Å². The summed E-state index contributed by atoms with van der Waals surface area (Å²) in [4.78, 5) is 37.3. The summed E-state index contributed by atoms with van der Waals surface area (Å²) in [5.41, 5.74) is 7.14. The second kappa shape index (κ2) is 11.4. The van der Waals surface area contributed by atoms with Crippen LogP contribution in [0.5, 0.6) is 0 Å². The second-order valence-corrected chi connectivity index (χ2v) is 10.4. The highest BCUT2D eigenvalue weighted by Crippen LogP contribution is 2.22. The normalized spacial score (nSPS) is 12.5. The van der Waals surface area contributed by atoms with E-state index in [1.54, 1.807) is 32.0 Å². The fourth-order valence-corrected chi connectivity index (χ4v) is 3.45. The number of hydrogen-bond donors (Lipinski definition) is 4. The van der Waals surface area contributed by atoms with Crippen LogP contribution in [0.15, 0.2) is 29.3 Å². The van der Waals surface area contributed by atoms with Crippen molar-refractivity contribution < 1.29 is 28.3 Å². The quantitative estimate of drug-likeness (QED) is 0.192. The van der Waals surface area contributed by atoms with E-state index >= 15 is 0 Å². The third-order valence-corrected chi connectivity index (χ3v) is 6.74. The minimum atomic E-state index is -3.87. The van der Waals surface area contributed by atoms with Gasteiger partial charge in [0.25, 0.3) is 17.9 Å². The van der Waals surface area contributed by atoms with E-state index in [0.29, 0.717) is 16.5 Å². The Morgan fingerprint density at radius 3 is 2.44 bits per heavy atom. The van der Waals surface area contributed by atoms with Crippen molar-refractivity contribution in [1.82, 2.24) is 15.0 Å². The van der Waals surface area contributed by atoms with Crippen LogP contribution in [-0.2, 0) is 26.0 Å². The smallest absolute Gasteiger partial charge is 0.290 e. The van der Waals surface area contributed by atoms with E-state index in [1.807, 2.05) is 0 Å². The second-order valence-electron chi connectivity index (χ2n) is 8.00. The molecule has 0 radical (unpaired) electrons. The van der Waals surface area contributed by atoms with E-state index in [2.05, 4.69) is 28.7 Å². The molecule has 5 N–H and O–H groups in total. The largest absolute Gasteiger partial charge is 0.483 e. The summed E-state index contributed by atoms with van der Waals surface area (Å²) in [5.74, 6) is 9.96.